The van der Waals surface area contributed by atoms with Crippen LogP contribution in [0.2, 0.25) is 0 Å². The number of fused-ring (bicyclic) bond motifs is 16. The number of benzene rings is 3. The summed E-state index contributed by atoms with van der Waals surface area (Å²) in [5.41, 5.74) is 15.4. The molecule has 4 heteroatoms. The number of nitrogens with zero attached hydrogens (tertiary/aromatic N) is 4. The van der Waals surface area contributed by atoms with E-state index < -0.39 is 0 Å². The first kappa shape index (κ1) is 17.8. The maximum atomic E-state index is 5.28. The summed E-state index contributed by atoms with van der Waals surface area (Å²) < 4.78 is 2.27. The molecule has 4 heterocycles. The second-order valence-electron chi connectivity index (χ2n) is 9.67. The molecule has 162 valence electrons. The Morgan fingerprint density at radius 3 is 2.26 bits per heavy atom. The second-order valence-corrected chi connectivity index (χ2v) is 9.67. The van der Waals surface area contributed by atoms with Gasteiger partial charge in [0.2, 0.25) is 0 Å². The molecule has 0 radical (unpaired) electrons. The van der Waals surface area contributed by atoms with Gasteiger partial charge < -0.3 is 0 Å². The van der Waals surface area contributed by atoms with Crippen molar-refractivity contribution in [2.75, 3.05) is 0 Å². The van der Waals surface area contributed by atoms with E-state index in [9.17, 15) is 0 Å². The van der Waals surface area contributed by atoms with Crippen molar-refractivity contribution in [2.45, 2.75) is 12.8 Å². The van der Waals surface area contributed by atoms with E-state index in [4.69, 9.17) is 4.98 Å². The van der Waals surface area contributed by atoms with Gasteiger partial charge in [0.05, 0.1) is 22.7 Å². The summed E-state index contributed by atoms with van der Waals surface area (Å²) in [5.74, 6) is 0. The van der Waals surface area contributed by atoms with Crippen LogP contribution in [0.15, 0.2) is 85.5 Å². The van der Waals surface area contributed by atoms with Gasteiger partial charge in [0.1, 0.15) is 5.65 Å². The minimum atomic E-state index is 0.926. The van der Waals surface area contributed by atoms with Crippen LogP contribution in [0.25, 0.3) is 60.6 Å². The van der Waals surface area contributed by atoms with Gasteiger partial charge in [-0.1, -0.05) is 42.5 Å². The zero-order chi connectivity index (χ0) is 22.7. The van der Waals surface area contributed by atoms with E-state index in [1.807, 2.05) is 24.8 Å². The van der Waals surface area contributed by atoms with Crippen LogP contribution in [0.4, 0.5) is 0 Å². The Morgan fingerprint density at radius 2 is 1.31 bits per heavy atom. The first-order valence-electron chi connectivity index (χ1n) is 12.0. The number of rotatable bonds is 0. The van der Waals surface area contributed by atoms with Crippen LogP contribution in [0.3, 0.4) is 0 Å². The summed E-state index contributed by atoms with van der Waals surface area (Å²) in [6, 6.07) is 22.2. The minimum Gasteiger partial charge on any atom is -0.290 e. The molecule has 0 saturated carbocycles. The smallest absolute Gasteiger partial charge is 0.148 e. The maximum Gasteiger partial charge on any atom is 0.148 e. The fraction of sp³-hybridized carbons (Fsp3) is 0.0645. The van der Waals surface area contributed by atoms with Gasteiger partial charge in [-0.2, -0.15) is 0 Å². The van der Waals surface area contributed by atoms with Gasteiger partial charge in [-0.3, -0.25) is 14.4 Å². The fourth-order valence-corrected chi connectivity index (χ4v) is 6.56. The maximum absolute atomic E-state index is 5.28. The lowest BCUT2D eigenvalue weighted by Crippen LogP contribution is -1.92. The summed E-state index contributed by atoms with van der Waals surface area (Å²) in [6.45, 7) is 0. The molecule has 3 aromatic carbocycles. The molecular formula is C31H18N4. The lowest BCUT2D eigenvalue weighted by Gasteiger charge is -2.08. The Hall–Kier alpha value is -4.57. The highest BCUT2D eigenvalue weighted by atomic mass is 15.0. The molecule has 7 aromatic rings. The first-order valence-corrected chi connectivity index (χ1v) is 12.0. The van der Waals surface area contributed by atoms with Crippen molar-refractivity contribution in [1.29, 1.82) is 0 Å². The number of pyridine rings is 3. The number of hydrogen-bond acceptors (Lipinski definition) is 3. The molecule has 4 nitrogen and oxygen atoms in total. The Morgan fingerprint density at radius 1 is 0.571 bits per heavy atom. The van der Waals surface area contributed by atoms with Crippen LogP contribution >= 0.6 is 0 Å². The van der Waals surface area contributed by atoms with Gasteiger partial charge in [-0.05, 0) is 74.5 Å². The van der Waals surface area contributed by atoms with Gasteiger partial charge in [-0.25, -0.2) is 4.98 Å². The van der Waals surface area contributed by atoms with E-state index >= 15 is 0 Å². The largest absolute Gasteiger partial charge is 0.290 e. The van der Waals surface area contributed by atoms with Crippen molar-refractivity contribution in [1.82, 2.24) is 19.4 Å². The summed E-state index contributed by atoms with van der Waals surface area (Å²) in [5, 5.41) is 3.40. The van der Waals surface area contributed by atoms with E-state index in [2.05, 4.69) is 75.0 Å². The molecular weight excluding hydrogens is 428 g/mol. The predicted molar refractivity (Wildman–Crippen MR) is 140 cm³/mol. The summed E-state index contributed by atoms with van der Waals surface area (Å²) in [6.07, 6.45) is 9.55. The molecule has 0 unspecified atom stereocenters. The lowest BCUT2D eigenvalue weighted by atomic mass is 9.96. The van der Waals surface area contributed by atoms with Gasteiger partial charge in [-0.15, -0.1) is 0 Å². The standard InChI is InChI=1S/C31H18N4/c1-2-4-18-17(3-1)13-24-19(18)5-6-20-21-7-8-28-30(26(21)14-25(20)24)34-31-27-15-32-11-9-22(27)23-10-12-33-16-29(23)35(28)31/h1-12,15-16H,13-14H2. The third-order valence-electron chi connectivity index (χ3n) is 8.07. The molecule has 0 atom stereocenters. The SMILES string of the molecule is c1ccc2c(c1)Cc1c-2ccc2c1Cc1c-2ccc2c1nc1c3cnccc3c3ccncc3n21. The molecule has 0 fully saturated rings. The summed E-state index contributed by atoms with van der Waals surface area (Å²) in [7, 11) is 0. The van der Waals surface area contributed by atoms with Gasteiger partial charge >= 0.3 is 0 Å². The monoisotopic (exact) mass is 446 g/mol. The van der Waals surface area contributed by atoms with E-state index in [0.717, 1.165) is 45.8 Å². The average Bonchev–Trinajstić information content (AvgIpc) is 3.60. The van der Waals surface area contributed by atoms with Gasteiger partial charge in [0.25, 0.3) is 0 Å². The van der Waals surface area contributed by atoms with E-state index in [1.165, 1.54) is 49.9 Å². The highest BCUT2D eigenvalue weighted by Gasteiger charge is 2.30. The lowest BCUT2D eigenvalue weighted by molar-refractivity contribution is 1.17. The molecule has 0 amide bonds. The van der Waals surface area contributed by atoms with Crippen LogP contribution in [0, 0.1) is 0 Å². The van der Waals surface area contributed by atoms with Crippen LogP contribution < -0.4 is 0 Å². The highest BCUT2D eigenvalue weighted by Crippen LogP contribution is 2.48. The zero-order valence-electron chi connectivity index (χ0n) is 18.8. The fourth-order valence-electron chi connectivity index (χ4n) is 6.56. The van der Waals surface area contributed by atoms with Crippen molar-refractivity contribution >= 4 is 38.4 Å². The van der Waals surface area contributed by atoms with Gasteiger partial charge in [0.15, 0.2) is 0 Å². The number of aromatic nitrogens is 4. The Labute approximate surface area is 200 Å². The summed E-state index contributed by atoms with van der Waals surface area (Å²) in [4.78, 5) is 14.2. The van der Waals surface area contributed by atoms with Crippen LogP contribution in [-0.4, -0.2) is 19.4 Å². The highest BCUT2D eigenvalue weighted by molar-refractivity contribution is 6.13. The Balaban J connectivity index is 1.36. The van der Waals surface area contributed by atoms with E-state index in [1.54, 1.807) is 0 Å². The van der Waals surface area contributed by atoms with Crippen molar-refractivity contribution in [2.24, 2.45) is 0 Å². The van der Waals surface area contributed by atoms with E-state index in [0.29, 0.717) is 0 Å². The third kappa shape index (κ3) is 2.11. The van der Waals surface area contributed by atoms with Crippen LogP contribution in [0.5, 0.6) is 0 Å². The zero-order valence-corrected chi connectivity index (χ0v) is 18.8. The molecule has 35 heavy (non-hydrogen) atoms. The van der Waals surface area contributed by atoms with Gasteiger partial charge in [0, 0.05) is 35.8 Å². The molecule has 0 saturated heterocycles. The molecule has 9 rings (SSSR count). The van der Waals surface area contributed by atoms with E-state index in [-0.39, 0.29) is 0 Å². The third-order valence-corrected chi connectivity index (χ3v) is 8.07. The Bertz CT molecular complexity index is 2070. The quantitative estimate of drug-likeness (QED) is 0.243. The van der Waals surface area contributed by atoms with Crippen molar-refractivity contribution < 1.29 is 0 Å². The molecule has 2 aliphatic rings. The van der Waals surface area contributed by atoms with Crippen molar-refractivity contribution in [3.05, 3.63) is 108 Å². The normalized spacial score (nSPS) is 13.5. The molecule has 0 N–H and O–H groups in total. The first-order chi connectivity index (χ1) is 17.4. The average molecular weight is 447 g/mol. The second kappa shape index (κ2) is 6.10. The van der Waals surface area contributed by atoms with Crippen LogP contribution in [-0.2, 0) is 12.8 Å². The minimum absolute atomic E-state index is 0.926. The van der Waals surface area contributed by atoms with Crippen LogP contribution in [0.1, 0.15) is 22.3 Å². The number of hydrogen-bond donors (Lipinski definition) is 0. The molecule has 0 spiro atoms. The predicted octanol–water partition coefficient (Wildman–Crippen LogP) is 6.73. The Kier molecular flexibility index (Phi) is 3.11. The van der Waals surface area contributed by atoms with Crippen molar-refractivity contribution in [3.63, 3.8) is 0 Å². The molecule has 0 bridgehead atoms. The molecule has 0 aliphatic heterocycles. The molecule has 4 aromatic heterocycles. The molecule has 2 aliphatic carbocycles. The van der Waals surface area contributed by atoms with Crippen molar-refractivity contribution in [3.8, 4) is 22.3 Å². The summed E-state index contributed by atoms with van der Waals surface area (Å²) >= 11 is 0. The topological polar surface area (TPSA) is 43.1 Å². The number of imidazole rings is 1.